The van der Waals surface area contributed by atoms with E-state index in [2.05, 4.69) is 17.6 Å². The lowest BCUT2D eigenvalue weighted by Crippen LogP contribution is -2.35. The Hall–Kier alpha value is -0.880. The molecule has 1 aromatic rings. The van der Waals surface area contributed by atoms with Crippen LogP contribution >= 0.6 is 24.4 Å². The van der Waals surface area contributed by atoms with Crippen molar-refractivity contribution in [2.24, 2.45) is 0 Å². The number of pyridine rings is 1. The zero-order chi connectivity index (χ0) is 15.2. The minimum Gasteiger partial charge on any atom is -0.444 e. The average molecular weight is 314 g/mol. The van der Waals surface area contributed by atoms with Crippen molar-refractivity contribution in [1.29, 1.82) is 0 Å². The van der Waals surface area contributed by atoms with Crippen molar-refractivity contribution in [3.8, 4) is 0 Å². The number of carbonyl (C=O) groups excluding carboxylic acids is 1. The summed E-state index contributed by atoms with van der Waals surface area (Å²) in [7, 11) is 1.75. The van der Waals surface area contributed by atoms with Crippen LogP contribution in [0.1, 0.15) is 26.5 Å². The molecule has 0 aromatic carbocycles. The highest BCUT2D eigenvalue weighted by Crippen LogP contribution is 2.17. The molecule has 0 aliphatic carbocycles. The summed E-state index contributed by atoms with van der Waals surface area (Å²) in [5, 5.41) is 0. The van der Waals surface area contributed by atoms with E-state index in [0.717, 1.165) is 22.1 Å². The van der Waals surface area contributed by atoms with Gasteiger partial charge in [-0.3, -0.25) is 4.98 Å². The molecule has 1 rings (SSSR count). The fraction of sp³-hybridized carbons (Fsp3) is 0.571. The number of rotatable bonds is 5. The minimum absolute atomic E-state index is 0.286. The molecule has 1 amide bonds. The van der Waals surface area contributed by atoms with Crippen molar-refractivity contribution < 1.29 is 9.53 Å². The third-order valence-corrected chi connectivity index (χ3v) is 3.74. The number of ether oxygens (including phenoxy) is 1. The number of aromatic nitrogens is 1. The third-order valence-electron chi connectivity index (χ3n) is 2.38. The van der Waals surface area contributed by atoms with Gasteiger partial charge in [-0.25, -0.2) is 4.79 Å². The summed E-state index contributed by atoms with van der Waals surface area (Å²) in [6.07, 6.45) is 1.48. The van der Waals surface area contributed by atoms with E-state index >= 15 is 0 Å². The maximum absolute atomic E-state index is 11.7. The van der Waals surface area contributed by atoms with E-state index in [1.807, 2.05) is 32.9 Å². The molecule has 0 aliphatic rings. The Morgan fingerprint density at radius 3 is 2.80 bits per heavy atom. The van der Waals surface area contributed by atoms with E-state index in [0.29, 0.717) is 6.54 Å². The van der Waals surface area contributed by atoms with Gasteiger partial charge in [0.1, 0.15) is 5.60 Å². The van der Waals surface area contributed by atoms with Gasteiger partial charge in [0.15, 0.2) is 0 Å². The normalized spacial score (nSPS) is 11.2. The van der Waals surface area contributed by atoms with Crippen molar-refractivity contribution >= 4 is 30.5 Å². The standard InChI is InChI=1S/C14H22N2O2S2/c1-14(2,3)18-13(17)16(4)8-9-20-10-11-12(19)6-5-7-15-11/h5-7,19H,8-10H2,1-4H3. The Kier molecular flexibility index (Phi) is 6.68. The lowest BCUT2D eigenvalue weighted by Gasteiger charge is -2.24. The van der Waals surface area contributed by atoms with Crippen LogP contribution in [0.15, 0.2) is 23.2 Å². The highest BCUT2D eigenvalue weighted by molar-refractivity contribution is 7.98. The molecule has 0 aliphatic heterocycles. The number of thioether (sulfide) groups is 1. The quantitative estimate of drug-likeness (QED) is 0.667. The molecule has 0 saturated carbocycles. The molecule has 0 atom stereocenters. The van der Waals surface area contributed by atoms with Crippen LogP contribution in [0.25, 0.3) is 0 Å². The average Bonchev–Trinajstić information content (AvgIpc) is 2.34. The number of carbonyl (C=O) groups is 1. The Labute approximate surface area is 130 Å². The number of nitrogens with zero attached hydrogens (tertiary/aromatic N) is 2. The summed E-state index contributed by atoms with van der Waals surface area (Å²) in [5.74, 6) is 1.63. The van der Waals surface area contributed by atoms with Gasteiger partial charge in [-0.15, -0.1) is 12.6 Å². The molecule has 20 heavy (non-hydrogen) atoms. The molecule has 0 bridgehead atoms. The number of thiol groups is 1. The Morgan fingerprint density at radius 1 is 1.50 bits per heavy atom. The first-order chi connectivity index (χ1) is 9.29. The van der Waals surface area contributed by atoms with Crippen molar-refractivity contribution in [2.75, 3.05) is 19.3 Å². The molecule has 0 spiro atoms. The first-order valence-corrected chi connectivity index (χ1v) is 8.04. The summed E-state index contributed by atoms with van der Waals surface area (Å²) in [4.78, 5) is 18.5. The zero-order valence-electron chi connectivity index (χ0n) is 12.4. The Morgan fingerprint density at radius 2 is 2.20 bits per heavy atom. The molecule has 0 radical (unpaired) electrons. The predicted molar refractivity (Wildman–Crippen MR) is 86.5 cm³/mol. The largest absolute Gasteiger partial charge is 0.444 e. The van der Waals surface area contributed by atoms with Crippen molar-refractivity contribution in [1.82, 2.24) is 9.88 Å². The molecule has 6 heteroatoms. The monoisotopic (exact) mass is 314 g/mol. The van der Waals surface area contributed by atoms with Gasteiger partial charge in [-0.2, -0.15) is 11.8 Å². The van der Waals surface area contributed by atoms with Crippen LogP contribution < -0.4 is 0 Å². The van der Waals surface area contributed by atoms with Crippen LogP contribution in [0.2, 0.25) is 0 Å². The van der Waals surface area contributed by atoms with Gasteiger partial charge < -0.3 is 9.64 Å². The smallest absolute Gasteiger partial charge is 0.410 e. The van der Waals surface area contributed by atoms with Crippen molar-refractivity contribution in [3.05, 3.63) is 24.0 Å². The maximum atomic E-state index is 11.7. The molecule has 1 aromatic heterocycles. The fourth-order valence-electron chi connectivity index (χ4n) is 1.34. The minimum atomic E-state index is -0.451. The van der Waals surface area contributed by atoms with Crippen LogP contribution in [0.4, 0.5) is 4.79 Å². The topological polar surface area (TPSA) is 42.4 Å². The Balaban J connectivity index is 2.27. The van der Waals surface area contributed by atoms with Gasteiger partial charge in [0.2, 0.25) is 0 Å². The van der Waals surface area contributed by atoms with Gasteiger partial charge in [0.05, 0.1) is 5.69 Å². The molecular formula is C14H22N2O2S2. The molecule has 0 saturated heterocycles. The third kappa shape index (κ3) is 6.52. The maximum Gasteiger partial charge on any atom is 0.410 e. The van der Waals surface area contributed by atoms with Crippen LogP contribution in [-0.4, -0.2) is 40.9 Å². The number of hydrogen-bond acceptors (Lipinski definition) is 5. The summed E-state index contributed by atoms with van der Waals surface area (Å²) in [6, 6.07) is 3.80. The molecule has 4 nitrogen and oxygen atoms in total. The molecular weight excluding hydrogens is 292 g/mol. The lowest BCUT2D eigenvalue weighted by atomic mass is 10.2. The van der Waals surface area contributed by atoms with Crippen molar-refractivity contribution in [3.63, 3.8) is 0 Å². The molecule has 0 N–H and O–H groups in total. The second kappa shape index (κ2) is 7.78. The molecule has 0 unspecified atom stereocenters. The predicted octanol–water partition coefficient (Wildman–Crippen LogP) is 3.47. The first kappa shape index (κ1) is 17.2. The fourth-order valence-corrected chi connectivity index (χ4v) is 2.64. The van der Waals surface area contributed by atoms with Crippen LogP contribution in [0, 0.1) is 0 Å². The van der Waals surface area contributed by atoms with E-state index in [1.165, 1.54) is 0 Å². The summed E-state index contributed by atoms with van der Waals surface area (Å²) < 4.78 is 5.29. The number of amides is 1. The van der Waals surface area contributed by atoms with Crippen LogP contribution in [0.5, 0.6) is 0 Å². The molecule has 1 heterocycles. The lowest BCUT2D eigenvalue weighted by molar-refractivity contribution is 0.0309. The van der Waals surface area contributed by atoms with Crippen LogP contribution in [0.3, 0.4) is 0 Å². The first-order valence-electron chi connectivity index (χ1n) is 6.44. The highest BCUT2D eigenvalue weighted by atomic mass is 32.2. The van der Waals surface area contributed by atoms with E-state index in [-0.39, 0.29) is 6.09 Å². The highest BCUT2D eigenvalue weighted by Gasteiger charge is 2.19. The Bertz CT molecular complexity index is 447. The van der Waals surface area contributed by atoms with E-state index in [4.69, 9.17) is 4.74 Å². The van der Waals surface area contributed by atoms with E-state index < -0.39 is 5.60 Å². The molecule has 0 fully saturated rings. The number of hydrogen-bond donors (Lipinski definition) is 1. The van der Waals surface area contributed by atoms with Gasteiger partial charge in [0, 0.05) is 36.2 Å². The van der Waals surface area contributed by atoms with Gasteiger partial charge in [-0.1, -0.05) is 0 Å². The van der Waals surface area contributed by atoms with Crippen molar-refractivity contribution in [2.45, 2.75) is 37.0 Å². The second-order valence-electron chi connectivity index (χ2n) is 5.42. The zero-order valence-corrected chi connectivity index (χ0v) is 14.1. The summed E-state index contributed by atoms with van der Waals surface area (Å²) >= 11 is 6.08. The van der Waals surface area contributed by atoms with Gasteiger partial charge >= 0.3 is 6.09 Å². The van der Waals surface area contributed by atoms with Gasteiger partial charge in [-0.05, 0) is 32.9 Å². The van der Waals surface area contributed by atoms with Crippen LogP contribution in [-0.2, 0) is 10.5 Å². The summed E-state index contributed by atoms with van der Waals surface area (Å²) in [5.41, 5.74) is 0.522. The SMILES string of the molecule is CN(CCSCc1ncccc1S)C(=O)OC(C)(C)C. The van der Waals surface area contributed by atoms with E-state index in [9.17, 15) is 4.79 Å². The second-order valence-corrected chi connectivity index (χ2v) is 7.01. The van der Waals surface area contributed by atoms with E-state index in [1.54, 1.807) is 29.9 Å². The molecule has 112 valence electrons. The van der Waals surface area contributed by atoms with Gasteiger partial charge in [0.25, 0.3) is 0 Å². The summed E-state index contributed by atoms with van der Waals surface area (Å²) in [6.45, 7) is 6.24.